The summed E-state index contributed by atoms with van der Waals surface area (Å²) in [5, 5.41) is 1.16. The number of rotatable bonds is 4. The van der Waals surface area contributed by atoms with E-state index in [4.69, 9.17) is 4.42 Å². The summed E-state index contributed by atoms with van der Waals surface area (Å²) in [5.41, 5.74) is -4.03. The number of alkyl halides is 6. The lowest BCUT2D eigenvalue weighted by Crippen LogP contribution is -2.18. The molecule has 27 heavy (non-hydrogen) atoms. The van der Waals surface area contributed by atoms with E-state index < -0.39 is 55.9 Å². The first-order chi connectivity index (χ1) is 12.2. The molecule has 1 aromatic carbocycles. The van der Waals surface area contributed by atoms with Gasteiger partial charge in [-0.25, -0.2) is 13.1 Å². The van der Waals surface area contributed by atoms with Crippen molar-refractivity contribution in [1.29, 1.82) is 0 Å². The Hall–Kier alpha value is -2.54. The van der Waals surface area contributed by atoms with Gasteiger partial charge in [0.25, 0.3) is 15.9 Å². The molecular weight excluding hydrogens is 406 g/mol. The van der Waals surface area contributed by atoms with Gasteiger partial charge in [-0.1, -0.05) is 0 Å². The van der Waals surface area contributed by atoms with Crippen LogP contribution >= 0.6 is 0 Å². The van der Waals surface area contributed by atoms with Gasteiger partial charge in [0.1, 0.15) is 0 Å². The number of nitrogens with one attached hydrogen (secondary N) is 2. The molecule has 0 bridgehead atoms. The Morgan fingerprint density at radius 1 is 0.963 bits per heavy atom. The second kappa shape index (κ2) is 6.88. The summed E-state index contributed by atoms with van der Waals surface area (Å²) in [4.78, 5) is 12.0. The fourth-order valence-corrected chi connectivity index (χ4v) is 2.55. The van der Waals surface area contributed by atoms with Crippen LogP contribution in [0.3, 0.4) is 0 Å². The van der Waals surface area contributed by atoms with Crippen molar-refractivity contribution in [3.8, 4) is 0 Å². The first-order valence-electron chi connectivity index (χ1n) is 6.88. The summed E-state index contributed by atoms with van der Waals surface area (Å²) in [6.45, 7) is 0. The van der Waals surface area contributed by atoms with Gasteiger partial charge in [0.15, 0.2) is 5.76 Å². The maximum Gasteiger partial charge on any atom is 0.416 e. The first-order valence-corrected chi connectivity index (χ1v) is 8.36. The van der Waals surface area contributed by atoms with Gasteiger partial charge in [0.2, 0.25) is 5.09 Å². The molecule has 2 aromatic rings. The molecule has 0 aliphatic rings. The zero-order valence-corrected chi connectivity index (χ0v) is 14.0. The van der Waals surface area contributed by atoms with E-state index in [0.717, 1.165) is 19.2 Å². The number of furan rings is 1. The molecule has 0 fully saturated rings. The highest BCUT2D eigenvalue weighted by Crippen LogP contribution is 2.37. The van der Waals surface area contributed by atoms with Gasteiger partial charge in [-0.3, -0.25) is 4.79 Å². The Morgan fingerprint density at radius 3 is 1.93 bits per heavy atom. The molecule has 13 heteroatoms. The van der Waals surface area contributed by atoms with E-state index in [9.17, 15) is 39.6 Å². The van der Waals surface area contributed by atoms with E-state index in [1.165, 1.54) is 0 Å². The van der Waals surface area contributed by atoms with Gasteiger partial charge in [-0.05, 0) is 37.4 Å². The summed E-state index contributed by atoms with van der Waals surface area (Å²) >= 11 is 0. The lowest BCUT2D eigenvalue weighted by Gasteiger charge is -2.14. The molecule has 6 nitrogen and oxygen atoms in total. The molecule has 2 N–H and O–H groups in total. The fraction of sp³-hybridized carbons (Fsp3) is 0.214. The minimum absolute atomic E-state index is 0.0971. The number of anilines is 1. The van der Waals surface area contributed by atoms with Crippen LogP contribution in [0.5, 0.6) is 0 Å². The standard InChI is InChI=1S/C14H10F6N2O4S/c1-21-27(24,25)11-3-2-10(26-11)12(23)22-9-5-7(13(15,16)17)4-8(6-9)14(18,19)20/h2-6,21H,1H3,(H,22,23). The average Bonchev–Trinajstić information content (AvgIpc) is 3.04. The number of hydrogen-bond acceptors (Lipinski definition) is 4. The van der Waals surface area contributed by atoms with Gasteiger partial charge in [0, 0.05) is 5.69 Å². The van der Waals surface area contributed by atoms with E-state index in [2.05, 4.69) is 0 Å². The van der Waals surface area contributed by atoms with E-state index in [1.807, 2.05) is 10.0 Å². The highest BCUT2D eigenvalue weighted by Gasteiger charge is 2.37. The topological polar surface area (TPSA) is 88.4 Å². The third-order valence-corrected chi connectivity index (χ3v) is 4.47. The van der Waals surface area contributed by atoms with Crippen molar-refractivity contribution in [2.24, 2.45) is 0 Å². The lowest BCUT2D eigenvalue weighted by atomic mass is 10.1. The number of halogens is 6. The normalized spacial score (nSPS) is 12.9. The predicted molar refractivity (Wildman–Crippen MR) is 79.4 cm³/mol. The summed E-state index contributed by atoms with van der Waals surface area (Å²) in [6.07, 6.45) is -10.2. The van der Waals surface area contributed by atoms with Crippen molar-refractivity contribution in [2.75, 3.05) is 12.4 Å². The largest absolute Gasteiger partial charge is 0.438 e. The van der Waals surface area contributed by atoms with Crippen molar-refractivity contribution in [3.63, 3.8) is 0 Å². The second-order valence-electron chi connectivity index (χ2n) is 5.07. The Labute approximate surface area is 148 Å². The average molecular weight is 416 g/mol. The van der Waals surface area contributed by atoms with Crippen molar-refractivity contribution in [1.82, 2.24) is 4.72 Å². The first kappa shape index (κ1) is 20.8. The Kier molecular flexibility index (Phi) is 5.30. The zero-order chi connectivity index (χ0) is 20.6. The molecule has 0 saturated carbocycles. The number of carbonyl (C=O) groups excluding carboxylic acids is 1. The summed E-state index contributed by atoms with van der Waals surface area (Å²) in [7, 11) is -2.96. The van der Waals surface area contributed by atoms with Gasteiger partial charge in [-0.2, -0.15) is 26.3 Å². The van der Waals surface area contributed by atoms with Gasteiger partial charge in [0.05, 0.1) is 11.1 Å². The molecule has 0 radical (unpaired) electrons. The molecule has 0 aliphatic carbocycles. The molecule has 1 heterocycles. The Bertz CT molecular complexity index is 930. The van der Waals surface area contributed by atoms with Gasteiger partial charge in [-0.15, -0.1) is 0 Å². The van der Waals surface area contributed by atoms with Crippen LogP contribution in [0.1, 0.15) is 21.7 Å². The second-order valence-corrected chi connectivity index (χ2v) is 6.89. The Morgan fingerprint density at radius 2 is 1.48 bits per heavy atom. The van der Waals surface area contributed by atoms with Crippen LogP contribution in [0.4, 0.5) is 32.0 Å². The van der Waals surface area contributed by atoms with Crippen molar-refractivity contribution in [2.45, 2.75) is 17.4 Å². The summed E-state index contributed by atoms with van der Waals surface area (Å²) in [6, 6.07) is 2.31. The molecule has 2 rings (SSSR count). The third-order valence-electron chi connectivity index (χ3n) is 3.18. The van der Waals surface area contributed by atoms with E-state index in [0.29, 0.717) is 12.1 Å². The molecule has 1 aromatic heterocycles. The summed E-state index contributed by atoms with van der Waals surface area (Å²) in [5.74, 6) is -1.87. The van der Waals surface area contributed by atoms with Crippen LogP contribution in [-0.2, 0) is 22.4 Å². The molecule has 0 aliphatic heterocycles. The van der Waals surface area contributed by atoms with E-state index in [1.54, 1.807) is 0 Å². The molecule has 148 valence electrons. The van der Waals surface area contributed by atoms with Crippen LogP contribution < -0.4 is 10.0 Å². The predicted octanol–water partition coefficient (Wildman–Crippen LogP) is 3.48. The van der Waals surface area contributed by atoms with Gasteiger partial charge >= 0.3 is 12.4 Å². The number of benzene rings is 1. The fourth-order valence-electron chi connectivity index (χ4n) is 1.91. The van der Waals surface area contributed by atoms with Crippen molar-refractivity contribution >= 4 is 21.6 Å². The number of sulfonamides is 1. The molecule has 0 saturated heterocycles. The van der Waals surface area contributed by atoms with Crippen molar-refractivity contribution in [3.05, 3.63) is 47.2 Å². The number of carbonyl (C=O) groups is 1. The number of hydrogen-bond donors (Lipinski definition) is 2. The van der Waals surface area contributed by atoms with Crippen LogP contribution in [0.2, 0.25) is 0 Å². The minimum Gasteiger partial charge on any atom is -0.438 e. The monoisotopic (exact) mass is 416 g/mol. The minimum atomic E-state index is -5.08. The van der Waals surface area contributed by atoms with Crippen LogP contribution in [0.15, 0.2) is 39.8 Å². The number of amides is 1. The van der Waals surface area contributed by atoms with Crippen LogP contribution in [0, 0.1) is 0 Å². The van der Waals surface area contributed by atoms with Gasteiger partial charge < -0.3 is 9.73 Å². The highest BCUT2D eigenvalue weighted by atomic mass is 32.2. The smallest absolute Gasteiger partial charge is 0.416 e. The van der Waals surface area contributed by atoms with Crippen molar-refractivity contribution < 1.29 is 44.0 Å². The molecular formula is C14H10F6N2O4S. The SMILES string of the molecule is CNS(=O)(=O)c1ccc(C(=O)Nc2cc(C(F)(F)F)cc(C(F)(F)F)c2)o1. The molecule has 0 unspecified atom stereocenters. The van der Waals surface area contributed by atoms with Crippen LogP contribution in [0.25, 0.3) is 0 Å². The Balaban J connectivity index is 2.38. The zero-order valence-electron chi connectivity index (χ0n) is 13.2. The highest BCUT2D eigenvalue weighted by molar-refractivity contribution is 7.89. The maximum absolute atomic E-state index is 12.8. The quantitative estimate of drug-likeness (QED) is 0.747. The van der Waals surface area contributed by atoms with E-state index in [-0.39, 0.29) is 6.07 Å². The lowest BCUT2D eigenvalue weighted by molar-refractivity contribution is -0.143. The summed E-state index contributed by atoms with van der Waals surface area (Å²) < 4.78 is 106. The van der Waals surface area contributed by atoms with Crippen LogP contribution in [-0.4, -0.2) is 21.4 Å². The maximum atomic E-state index is 12.8. The third kappa shape index (κ3) is 4.80. The van der Waals surface area contributed by atoms with E-state index >= 15 is 0 Å². The molecule has 0 spiro atoms. The molecule has 0 atom stereocenters. The molecule has 1 amide bonds.